The SMILES string of the molecule is CC(C)N1C(COCC[Si](C)(C)C)C=CC1Nc1cccc([N+](=O)[O-])c1. The Morgan fingerprint density at radius 1 is 1.31 bits per heavy atom. The predicted molar refractivity (Wildman–Crippen MR) is 109 cm³/mol. The van der Waals surface area contributed by atoms with Crippen molar-refractivity contribution in [1.82, 2.24) is 4.90 Å². The van der Waals surface area contributed by atoms with Crippen molar-refractivity contribution in [3.63, 3.8) is 0 Å². The van der Waals surface area contributed by atoms with Gasteiger partial charge >= 0.3 is 0 Å². The Labute approximate surface area is 157 Å². The molecule has 0 saturated carbocycles. The summed E-state index contributed by atoms with van der Waals surface area (Å²) >= 11 is 0. The zero-order valence-electron chi connectivity index (χ0n) is 16.4. The molecule has 0 radical (unpaired) electrons. The average Bonchev–Trinajstić information content (AvgIpc) is 2.93. The van der Waals surface area contributed by atoms with E-state index in [9.17, 15) is 10.1 Å². The van der Waals surface area contributed by atoms with Gasteiger partial charge in [-0.15, -0.1) is 0 Å². The first-order chi connectivity index (χ1) is 12.2. The van der Waals surface area contributed by atoms with E-state index in [1.807, 2.05) is 6.07 Å². The summed E-state index contributed by atoms with van der Waals surface area (Å²) in [4.78, 5) is 12.9. The van der Waals surface area contributed by atoms with Gasteiger partial charge in [0.25, 0.3) is 5.69 Å². The summed E-state index contributed by atoms with van der Waals surface area (Å²) in [6.07, 6.45) is 4.29. The summed E-state index contributed by atoms with van der Waals surface area (Å²) in [5, 5.41) is 14.4. The van der Waals surface area contributed by atoms with E-state index in [2.05, 4.69) is 55.9 Å². The van der Waals surface area contributed by atoms with Crippen LogP contribution in [0.4, 0.5) is 11.4 Å². The first-order valence-corrected chi connectivity index (χ1v) is 12.9. The van der Waals surface area contributed by atoms with Gasteiger partial charge in [0.15, 0.2) is 0 Å². The standard InChI is InChI=1S/C19H31N3O3Si/c1-15(2)21-18(14-25-11-12-26(3,4)5)9-10-19(21)20-16-7-6-8-17(13-16)22(23)24/h6-10,13,15,18-20H,11-12,14H2,1-5H3. The zero-order chi connectivity index (χ0) is 19.3. The van der Waals surface area contributed by atoms with Gasteiger partial charge in [-0.05, 0) is 32.0 Å². The Kier molecular flexibility index (Phi) is 6.97. The second kappa shape index (κ2) is 8.79. The summed E-state index contributed by atoms with van der Waals surface area (Å²) < 4.78 is 5.95. The normalized spacial score (nSPS) is 20.7. The first-order valence-electron chi connectivity index (χ1n) is 9.22. The van der Waals surface area contributed by atoms with Crippen LogP contribution in [-0.2, 0) is 4.74 Å². The van der Waals surface area contributed by atoms with Crippen LogP contribution in [0.25, 0.3) is 0 Å². The van der Waals surface area contributed by atoms with Gasteiger partial charge in [-0.25, -0.2) is 0 Å². The Bertz CT molecular complexity index is 643. The number of nitrogens with one attached hydrogen (secondary N) is 1. The molecule has 1 N–H and O–H groups in total. The minimum absolute atomic E-state index is 0.00240. The predicted octanol–water partition coefficient (Wildman–Crippen LogP) is 4.34. The molecule has 0 fully saturated rings. The van der Waals surface area contributed by atoms with Crippen LogP contribution in [0.2, 0.25) is 25.7 Å². The monoisotopic (exact) mass is 377 g/mol. The molecule has 2 rings (SSSR count). The molecule has 7 heteroatoms. The van der Waals surface area contributed by atoms with E-state index in [1.165, 1.54) is 12.1 Å². The molecule has 0 spiro atoms. The van der Waals surface area contributed by atoms with Crippen LogP contribution in [0.15, 0.2) is 36.4 Å². The van der Waals surface area contributed by atoms with Crippen LogP contribution in [-0.4, -0.2) is 49.4 Å². The van der Waals surface area contributed by atoms with E-state index in [0.717, 1.165) is 12.3 Å². The number of nitrogens with zero attached hydrogens (tertiary/aromatic N) is 2. The summed E-state index contributed by atoms with van der Waals surface area (Å²) in [6.45, 7) is 12.9. The van der Waals surface area contributed by atoms with Crippen LogP contribution >= 0.6 is 0 Å². The summed E-state index contributed by atoms with van der Waals surface area (Å²) in [6, 6.07) is 8.35. The molecule has 1 aliphatic rings. The number of nitro benzene ring substituents is 1. The van der Waals surface area contributed by atoms with Gasteiger partial charge in [0.05, 0.1) is 23.7 Å². The largest absolute Gasteiger partial charge is 0.380 e. The molecule has 0 amide bonds. The topological polar surface area (TPSA) is 67.6 Å². The number of anilines is 1. The molecule has 0 bridgehead atoms. The molecule has 2 unspecified atom stereocenters. The Morgan fingerprint density at radius 3 is 2.65 bits per heavy atom. The minimum Gasteiger partial charge on any atom is -0.380 e. The van der Waals surface area contributed by atoms with Gasteiger partial charge in [0.1, 0.15) is 0 Å². The highest BCUT2D eigenvalue weighted by atomic mass is 28.3. The number of nitro groups is 1. The number of hydrogen-bond donors (Lipinski definition) is 1. The molecular formula is C19H31N3O3Si. The molecular weight excluding hydrogens is 346 g/mol. The molecule has 1 heterocycles. The third kappa shape index (κ3) is 5.93. The highest BCUT2D eigenvalue weighted by Crippen LogP contribution is 2.24. The second-order valence-electron chi connectivity index (χ2n) is 8.28. The summed E-state index contributed by atoms with van der Waals surface area (Å²) in [5.41, 5.74) is 0.846. The summed E-state index contributed by atoms with van der Waals surface area (Å²) in [7, 11) is -1.08. The molecule has 0 aliphatic carbocycles. The van der Waals surface area contributed by atoms with Gasteiger partial charge in [-0.2, -0.15) is 0 Å². The molecule has 26 heavy (non-hydrogen) atoms. The van der Waals surface area contributed by atoms with Gasteiger partial charge in [-0.1, -0.05) is 31.8 Å². The molecule has 1 aliphatic heterocycles. The van der Waals surface area contributed by atoms with Crippen LogP contribution < -0.4 is 5.32 Å². The van der Waals surface area contributed by atoms with E-state index in [0.29, 0.717) is 12.6 Å². The molecule has 6 nitrogen and oxygen atoms in total. The molecule has 1 aromatic carbocycles. The van der Waals surface area contributed by atoms with Crippen molar-refractivity contribution in [3.8, 4) is 0 Å². The van der Waals surface area contributed by atoms with Gasteiger partial charge < -0.3 is 10.1 Å². The van der Waals surface area contributed by atoms with Crippen molar-refractivity contribution >= 4 is 19.4 Å². The Morgan fingerprint density at radius 2 is 2.04 bits per heavy atom. The number of hydrogen-bond acceptors (Lipinski definition) is 5. The van der Waals surface area contributed by atoms with Crippen LogP contribution in [0.5, 0.6) is 0 Å². The highest BCUT2D eigenvalue weighted by molar-refractivity contribution is 6.76. The highest BCUT2D eigenvalue weighted by Gasteiger charge is 2.31. The van der Waals surface area contributed by atoms with Crippen molar-refractivity contribution in [2.75, 3.05) is 18.5 Å². The fraction of sp³-hybridized carbons (Fsp3) is 0.579. The minimum atomic E-state index is -1.08. The average molecular weight is 378 g/mol. The Balaban J connectivity index is 1.96. The van der Waals surface area contributed by atoms with Crippen molar-refractivity contribution < 1.29 is 9.66 Å². The first kappa shape index (κ1) is 20.6. The third-order valence-corrected chi connectivity index (χ3v) is 6.18. The van der Waals surface area contributed by atoms with Crippen LogP contribution in [0, 0.1) is 10.1 Å². The molecule has 0 saturated heterocycles. The van der Waals surface area contributed by atoms with Gasteiger partial charge in [0, 0.05) is 38.5 Å². The zero-order valence-corrected chi connectivity index (χ0v) is 17.4. The van der Waals surface area contributed by atoms with E-state index >= 15 is 0 Å². The molecule has 2 atom stereocenters. The third-order valence-electron chi connectivity index (χ3n) is 4.47. The lowest BCUT2D eigenvalue weighted by atomic mass is 10.2. The number of ether oxygens (including phenoxy) is 1. The second-order valence-corrected chi connectivity index (χ2v) is 13.9. The fourth-order valence-electron chi connectivity index (χ4n) is 3.07. The lowest BCUT2D eigenvalue weighted by Crippen LogP contribution is -2.47. The fourth-order valence-corrected chi connectivity index (χ4v) is 3.83. The van der Waals surface area contributed by atoms with Crippen molar-refractivity contribution in [2.24, 2.45) is 0 Å². The van der Waals surface area contributed by atoms with Crippen molar-refractivity contribution in [2.45, 2.75) is 57.8 Å². The lowest BCUT2D eigenvalue weighted by Gasteiger charge is -2.34. The molecule has 144 valence electrons. The van der Waals surface area contributed by atoms with E-state index in [4.69, 9.17) is 4.74 Å². The lowest BCUT2D eigenvalue weighted by molar-refractivity contribution is -0.384. The number of rotatable bonds is 9. The quantitative estimate of drug-likeness (QED) is 0.228. The van der Waals surface area contributed by atoms with Gasteiger partial charge in [-0.3, -0.25) is 15.0 Å². The van der Waals surface area contributed by atoms with E-state index in [-0.39, 0.29) is 22.8 Å². The maximum atomic E-state index is 11.0. The van der Waals surface area contributed by atoms with Crippen molar-refractivity contribution in [3.05, 3.63) is 46.5 Å². The van der Waals surface area contributed by atoms with E-state index < -0.39 is 8.07 Å². The maximum absolute atomic E-state index is 11.0. The van der Waals surface area contributed by atoms with E-state index in [1.54, 1.807) is 12.1 Å². The van der Waals surface area contributed by atoms with Crippen LogP contribution in [0.3, 0.4) is 0 Å². The van der Waals surface area contributed by atoms with Crippen molar-refractivity contribution in [1.29, 1.82) is 0 Å². The van der Waals surface area contributed by atoms with Gasteiger partial charge in [0.2, 0.25) is 0 Å². The molecule has 1 aromatic rings. The summed E-state index contributed by atoms with van der Waals surface area (Å²) in [5.74, 6) is 0. The maximum Gasteiger partial charge on any atom is 0.271 e. The Hall–Kier alpha value is -1.70. The smallest absolute Gasteiger partial charge is 0.271 e. The van der Waals surface area contributed by atoms with Crippen LogP contribution in [0.1, 0.15) is 13.8 Å². The molecule has 0 aromatic heterocycles. The number of benzene rings is 1. The number of non-ortho nitro benzene ring substituents is 1.